The summed E-state index contributed by atoms with van der Waals surface area (Å²) < 4.78 is 5.79. The monoisotopic (exact) mass is 236 g/mol. The number of hydrogen-bond donors (Lipinski definition) is 2. The van der Waals surface area contributed by atoms with E-state index in [1.807, 2.05) is 42.5 Å². The molecular formula is C14H10N3O. The normalized spacial score (nSPS) is 13.1. The second-order valence-electron chi connectivity index (χ2n) is 4.15. The van der Waals surface area contributed by atoms with Crippen molar-refractivity contribution in [2.24, 2.45) is 0 Å². The molecule has 0 amide bonds. The van der Waals surface area contributed by atoms with Gasteiger partial charge in [-0.05, 0) is 24.3 Å². The van der Waals surface area contributed by atoms with Crippen LogP contribution in [-0.2, 0) is 0 Å². The lowest BCUT2D eigenvalue weighted by atomic mass is 10.1. The van der Waals surface area contributed by atoms with E-state index in [4.69, 9.17) is 4.42 Å². The molecule has 2 aromatic carbocycles. The predicted octanol–water partition coefficient (Wildman–Crippen LogP) is 3.45. The highest BCUT2D eigenvalue weighted by Crippen LogP contribution is 2.38. The number of para-hydroxylation sites is 3. The van der Waals surface area contributed by atoms with Crippen molar-refractivity contribution in [1.82, 2.24) is 4.98 Å². The number of hydrogen-bond acceptors (Lipinski definition) is 4. The fraction of sp³-hybridized carbons (Fsp3) is 0. The Bertz CT molecular complexity index is 700. The second-order valence-corrected chi connectivity index (χ2v) is 4.15. The van der Waals surface area contributed by atoms with Crippen LogP contribution >= 0.6 is 0 Å². The van der Waals surface area contributed by atoms with Crippen molar-refractivity contribution < 1.29 is 4.42 Å². The Balaban J connectivity index is 1.95. The molecule has 1 aliphatic heterocycles. The van der Waals surface area contributed by atoms with E-state index in [1.54, 1.807) is 6.67 Å². The minimum Gasteiger partial charge on any atom is -0.436 e. The Morgan fingerprint density at radius 3 is 2.83 bits per heavy atom. The van der Waals surface area contributed by atoms with Crippen LogP contribution in [0.3, 0.4) is 0 Å². The summed E-state index contributed by atoms with van der Waals surface area (Å²) in [6, 6.07) is 13.8. The van der Waals surface area contributed by atoms with Gasteiger partial charge in [-0.3, -0.25) is 0 Å². The fourth-order valence-electron chi connectivity index (χ4n) is 2.18. The van der Waals surface area contributed by atoms with Crippen LogP contribution in [0.5, 0.6) is 0 Å². The molecule has 18 heavy (non-hydrogen) atoms. The SMILES string of the molecule is [CH]1Nc2cccc(-c3nc4ccccc4o3)c2N1. The van der Waals surface area contributed by atoms with Crippen LogP contribution in [0.25, 0.3) is 22.6 Å². The van der Waals surface area contributed by atoms with Crippen molar-refractivity contribution in [3.63, 3.8) is 0 Å². The molecule has 2 heterocycles. The first kappa shape index (κ1) is 9.53. The summed E-state index contributed by atoms with van der Waals surface area (Å²) in [6.45, 7) is 1.80. The van der Waals surface area contributed by atoms with Crippen LogP contribution in [0.2, 0.25) is 0 Å². The molecule has 0 spiro atoms. The third-order valence-corrected chi connectivity index (χ3v) is 3.03. The Labute approximate surface area is 104 Å². The second kappa shape index (κ2) is 3.50. The molecule has 4 heteroatoms. The van der Waals surface area contributed by atoms with Crippen LogP contribution < -0.4 is 10.6 Å². The number of rotatable bonds is 1. The minimum atomic E-state index is 0.637. The highest BCUT2D eigenvalue weighted by atomic mass is 16.3. The maximum Gasteiger partial charge on any atom is 0.229 e. The molecule has 0 atom stereocenters. The molecule has 1 aromatic heterocycles. The van der Waals surface area contributed by atoms with Gasteiger partial charge in [0.2, 0.25) is 5.89 Å². The summed E-state index contributed by atoms with van der Waals surface area (Å²) >= 11 is 0. The molecule has 4 rings (SSSR count). The predicted molar refractivity (Wildman–Crippen MR) is 71.0 cm³/mol. The largest absolute Gasteiger partial charge is 0.436 e. The maximum absolute atomic E-state index is 5.79. The van der Waals surface area contributed by atoms with Gasteiger partial charge >= 0.3 is 0 Å². The third kappa shape index (κ3) is 1.29. The molecule has 0 saturated heterocycles. The van der Waals surface area contributed by atoms with Gasteiger partial charge in [0, 0.05) is 0 Å². The van der Waals surface area contributed by atoms with Crippen molar-refractivity contribution in [3.05, 3.63) is 49.1 Å². The molecule has 0 aliphatic carbocycles. The van der Waals surface area contributed by atoms with E-state index < -0.39 is 0 Å². The highest BCUT2D eigenvalue weighted by Gasteiger charge is 2.18. The molecule has 2 N–H and O–H groups in total. The van der Waals surface area contributed by atoms with Gasteiger partial charge < -0.3 is 15.1 Å². The smallest absolute Gasteiger partial charge is 0.229 e. The summed E-state index contributed by atoms with van der Waals surface area (Å²) in [7, 11) is 0. The standard InChI is InChI=1S/C14H10N3O/c1-2-7-12-10(5-1)17-14(18-12)9-4-3-6-11-13(9)16-8-15-11/h1-8,15-16H. The van der Waals surface area contributed by atoms with Crippen molar-refractivity contribution in [2.75, 3.05) is 10.6 Å². The van der Waals surface area contributed by atoms with E-state index in [-0.39, 0.29) is 0 Å². The number of anilines is 2. The maximum atomic E-state index is 5.79. The molecule has 0 unspecified atom stereocenters. The minimum absolute atomic E-state index is 0.637. The number of oxazole rings is 1. The van der Waals surface area contributed by atoms with Gasteiger partial charge in [-0.1, -0.05) is 18.2 Å². The van der Waals surface area contributed by atoms with Gasteiger partial charge in [-0.25, -0.2) is 4.98 Å². The zero-order valence-electron chi connectivity index (χ0n) is 9.47. The van der Waals surface area contributed by atoms with Crippen molar-refractivity contribution in [2.45, 2.75) is 0 Å². The van der Waals surface area contributed by atoms with Crippen LogP contribution in [0, 0.1) is 6.67 Å². The molecule has 1 aliphatic rings. The lowest BCUT2D eigenvalue weighted by molar-refractivity contribution is 0.620. The number of fused-ring (bicyclic) bond motifs is 2. The first-order valence-electron chi connectivity index (χ1n) is 5.75. The molecular weight excluding hydrogens is 226 g/mol. The Kier molecular flexibility index (Phi) is 1.85. The van der Waals surface area contributed by atoms with Crippen molar-refractivity contribution >= 4 is 22.5 Å². The van der Waals surface area contributed by atoms with Gasteiger partial charge in [0.05, 0.1) is 16.9 Å². The lowest BCUT2D eigenvalue weighted by Crippen LogP contribution is -1.90. The molecule has 0 bridgehead atoms. The number of aromatic nitrogens is 1. The molecule has 1 radical (unpaired) electrons. The Morgan fingerprint density at radius 2 is 1.89 bits per heavy atom. The quantitative estimate of drug-likeness (QED) is 0.679. The van der Waals surface area contributed by atoms with E-state index in [0.29, 0.717) is 5.89 Å². The molecule has 3 aromatic rings. The van der Waals surface area contributed by atoms with Gasteiger partial charge in [0.15, 0.2) is 5.58 Å². The summed E-state index contributed by atoms with van der Waals surface area (Å²) in [5.41, 5.74) is 4.68. The van der Waals surface area contributed by atoms with Gasteiger partial charge in [-0.2, -0.15) is 0 Å². The molecule has 87 valence electrons. The van der Waals surface area contributed by atoms with E-state index in [9.17, 15) is 0 Å². The molecule has 4 nitrogen and oxygen atoms in total. The third-order valence-electron chi connectivity index (χ3n) is 3.03. The van der Waals surface area contributed by atoms with E-state index in [0.717, 1.165) is 28.0 Å². The average molecular weight is 236 g/mol. The van der Waals surface area contributed by atoms with E-state index in [1.165, 1.54) is 0 Å². The number of benzene rings is 2. The van der Waals surface area contributed by atoms with Crippen molar-refractivity contribution in [1.29, 1.82) is 0 Å². The Morgan fingerprint density at radius 1 is 0.944 bits per heavy atom. The molecule has 0 saturated carbocycles. The van der Waals surface area contributed by atoms with Crippen LogP contribution in [-0.4, -0.2) is 4.98 Å². The number of nitrogens with one attached hydrogen (secondary N) is 2. The topological polar surface area (TPSA) is 50.1 Å². The summed E-state index contributed by atoms with van der Waals surface area (Å²) in [4.78, 5) is 4.51. The first-order chi connectivity index (χ1) is 8.92. The van der Waals surface area contributed by atoms with Crippen LogP contribution in [0.1, 0.15) is 0 Å². The van der Waals surface area contributed by atoms with Crippen molar-refractivity contribution in [3.8, 4) is 11.5 Å². The van der Waals surface area contributed by atoms with Gasteiger partial charge in [0.1, 0.15) is 12.2 Å². The fourth-order valence-corrected chi connectivity index (χ4v) is 2.18. The Hall–Kier alpha value is -2.49. The van der Waals surface area contributed by atoms with E-state index in [2.05, 4.69) is 15.6 Å². The van der Waals surface area contributed by atoms with E-state index >= 15 is 0 Å². The van der Waals surface area contributed by atoms with Gasteiger partial charge in [0.25, 0.3) is 0 Å². The average Bonchev–Trinajstić information content (AvgIpc) is 3.04. The lowest BCUT2D eigenvalue weighted by Gasteiger charge is -2.03. The zero-order chi connectivity index (χ0) is 11.9. The summed E-state index contributed by atoms with van der Waals surface area (Å²) in [5, 5.41) is 6.31. The number of nitrogens with zero attached hydrogens (tertiary/aromatic N) is 1. The summed E-state index contributed by atoms with van der Waals surface area (Å²) in [6.07, 6.45) is 0. The highest BCUT2D eigenvalue weighted by molar-refractivity contribution is 5.89. The zero-order valence-corrected chi connectivity index (χ0v) is 9.47. The summed E-state index contributed by atoms with van der Waals surface area (Å²) in [5.74, 6) is 0.637. The molecule has 0 fully saturated rings. The van der Waals surface area contributed by atoms with Crippen LogP contribution in [0.4, 0.5) is 11.4 Å². The van der Waals surface area contributed by atoms with Gasteiger partial charge in [-0.15, -0.1) is 0 Å². The van der Waals surface area contributed by atoms with Crippen LogP contribution in [0.15, 0.2) is 46.9 Å². The first-order valence-corrected chi connectivity index (χ1v) is 5.75.